The summed E-state index contributed by atoms with van der Waals surface area (Å²) in [4.78, 5) is 0. The van der Waals surface area contributed by atoms with E-state index in [0.29, 0.717) is 0 Å². The van der Waals surface area contributed by atoms with Crippen molar-refractivity contribution in [2.24, 2.45) is 0 Å². The maximum absolute atomic E-state index is 5.55. The molecular weight excluding hydrogens is 208 g/mol. The standard InChI is InChI=1S/C16H20O/c1-5-12-8-9-14(16(2,3)4)13(11-12)15-7-6-10-17-15/h6-11H,5H2,1-4H3. The normalized spacial score (nSPS) is 11.8. The highest BCUT2D eigenvalue weighted by atomic mass is 16.3. The van der Waals surface area contributed by atoms with Gasteiger partial charge in [0, 0.05) is 5.56 Å². The molecule has 0 aliphatic heterocycles. The van der Waals surface area contributed by atoms with Crippen molar-refractivity contribution in [2.45, 2.75) is 39.5 Å². The van der Waals surface area contributed by atoms with Gasteiger partial charge in [0.25, 0.3) is 0 Å². The number of benzene rings is 1. The molecule has 2 rings (SSSR count). The van der Waals surface area contributed by atoms with Gasteiger partial charge < -0.3 is 4.42 Å². The maximum Gasteiger partial charge on any atom is 0.134 e. The van der Waals surface area contributed by atoms with E-state index in [1.54, 1.807) is 6.26 Å². The summed E-state index contributed by atoms with van der Waals surface area (Å²) in [5.41, 5.74) is 4.05. The van der Waals surface area contributed by atoms with Crippen LogP contribution in [-0.2, 0) is 11.8 Å². The Bertz CT molecular complexity index is 487. The van der Waals surface area contributed by atoms with Crippen molar-refractivity contribution in [3.8, 4) is 11.3 Å². The van der Waals surface area contributed by atoms with Crippen LogP contribution < -0.4 is 0 Å². The predicted octanol–water partition coefficient (Wildman–Crippen LogP) is 4.81. The monoisotopic (exact) mass is 228 g/mol. The van der Waals surface area contributed by atoms with E-state index in [1.807, 2.05) is 12.1 Å². The van der Waals surface area contributed by atoms with Gasteiger partial charge >= 0.3 is 0 Å². The summed E-state index contributed by atoms with van der Waals surface area (Å²) in [6.07, 6.45) is 2.79. The summed E-state index contributed by atoms with van der Waals surface area (Å²) in [6, 6.07) is 10.7. The molecule has 17 heavy (non-hydrogen) atoms. The Morgan fingerprint density at radius 3 is 2.41 bits per heavy atom. The zero-order valence-electron chi connectivity index (χ0n) is 11.1. The van der Waals surface area contributed by atoms with Gasteiger partial charge in [0.05, 0.1) is 6.26 Å². The summed E-state index contributed by atoms with van der Waals surface area (Å²) in [5, 5.41) is 0. The van der Waals surface area contributed by atoms with Crippen molar-refractivity contribution in [3.05, 3.63) is 47.7 Å². The van der Waals surface area contributed by atoms with Crippen LogP contribution in [0.2, 0.25) is 0 Å². The third-order valence-electron chi connectivity index (χ3n) is 3.09. The van der Waals surface area contributed by atoms with Crippen LogP contribution in [-0.4, -0.2) is 0 Å². The lowest BCUT2D eigenvalue weighted by molar-refractivity contribution is 0.566. The SMILES string of the molecule is CCc1ccc(C(C)(C)C)c(-c2ccco2)c1. The minimum atomic E-state index is 0.133. The lowest BCUT2D eigenvalue weighted by Gasteiger charge is -2.22. The second-order valence-electron chi connectivity index (χ2n) is 5.46. The molecule has 0 radical (unpaired) electrons. The van der Waals surface area contributed by atoms with E-state index in [0.717, 1.165) is 12.2 Å². The molecule has 0 aliphatic rings. The topological polar surface area (TPSA) is 13.1 Å². The van der Waals surface area contributed by atoms with Crippen molar-refractivity contribution in [1.82, 2.24) is 0 Å². The van der Waals surface area contributed by atoms with Crippen LogP contribution in [0.5, 0.6) is 0 Å². The zero-order chi connectivity index (χ0) is 12.5. The van der Waals surface area contributed by atoms with Crippen LogP contribution in [0.3, 0.4) is 0 Å². The van der Waals surface area contributed by atoms with Crippen molar-refractivity contribution < 1.29 is 4.42 Å². The first kappa shape index (κ1) is 12.0. The van der Waals surface area contributed by atoms with Gasteiger partial charge in [0.2, 0.25) is 0 Å². The van der Waals surface area contributed by atoms with Gasteiger partial charge in [-0.05, 0) is 41.2 Å². The molecular formula is C16H20O. The number of hydrogen-bond acceptors (Lipinski definition) is 1. The average Bonchev–Trinajstić information content (AvgIpc) is 2.80. The van der Waals surface area contributed by atoms with Gasteiger partial charge in [-0.15, -0.1) is 0 Å². The quantitative estimate of drug-likeness (QED) is 0.719. The molecule has 0 spiro atoms. The minimum absolute atomic E-state index is 0.133. The first-order valence-electron chi connectivity index (χ1n) is 6.19. The highest BCUT2D eigenvalue weighted by Crippen LogP contribution is 2.34. The predicted molar refractivity (Wildman–Crippen MR) is 72.2 cm³/mol. The molecule has 0 N–H and O–H groups in total. The molecule has 1 aromatic carbocycles. The van der Waals surface area contributed by atoms with Crippen LogP contribution in [0.15, 0.2) is 41.0 Å². The summed E-state index contributed by atoms with van der Waals surface area (Å²) in [6.45, 7) is 8.89. The zero-order valence-corrected chi connectivity index (χ0v) is 11.1. The highest BCUT2D eigenvalue weighted by Gasteiger charge is 2.20. The van der Waals surface area contributed by atoms with Crippen molar-refractivity contribution in [2.75, 3.05) is 0 Å². The van der Waals surface area contributed by atoms with Crippen LogP contribution in [0.4, 0.5) is 0 Å². The fraction of sp³-hybridized carbons (Fsp3) is 0.375. The number of furan rings is 1. The molecule has 0 aliphatic carbocycles. The van der Waals surface area contributed by atoms with Crippen molar-refractivity contribution in [1.29, 1.82) is 0 Å². The van der Waals surface area contributed by atoms with E-state index in [9.17, 15) is 0 Å². The average molecular weight is 228 g/mol. The molecule has 0 saturated carbocycles. The summed E-state index contributed by atoms with van der Waals surface area (Å²) in [5.74, 6) is 0.963. The first-order chi connectivity index (χ1) is 8.02. The second-order valence-corrected chi connectivity index (χ2v) is 5.46. The molecule has 0 atom stereocenters. The molecule has 1 heterocycles. The number of rotatable bonds is 2. The molecule has 0 amide bonds. The largest absolute Gasteiger partial charge is 0.464 e. The van der Waals surface area contributed by atoms with Crippen LogP contribution in [0, 0.1) is 0 Å². The van der Waals surface area contributed by atoms with Crippen molar-refractivity contribution in [3.63, 3.8) is 0 Å². The summed E-state index contributed by atoms with van der Waals surface area (Å²) >= 11 is 0. The third-order valence-corrected chi connectivity index (χ3v) is 3.09. The summed E-state index contributed by atoms with van der Waals surface area (Å²) in [7, 11) is 0. The molecule has 0 saturated heterocycles. The Morgan fingerprint density at radius 1 is 1.12 bits per heavy atom. The molecule has 0 fully saturated rings. The van der Waals surface area contributed by atoms with Gasteiger partial charge in [-0.2, -0.15) is 0 Å². The number of aryl methyl sites for hydroxylation is 1. The fourth-order valence-electron chi connectivity index (χ4n) is 2.10. The smallest absolute Gasteiger partial charge is 0.134 e. The Balaban J connectivity index is 2.61. The van der Waals surface area contributed by atoms with E-state index in [1.165, 1.54) is 16.7 Å². The molecule has 0 bridgehead atoms. The second kappa shape index (κ2) is 4.40. The van der Waals surface area contributed by atoms with E-state index in [-0.39, 0.29) is 5.41 Å². The van der Waals surface area contributed by atoms with Crippen LogP contribution in [0.25, 0.3) is 11.3 Å². The minimum Gasteiger partial charge on any atom is -0.464 e. The van der Waals surface area contributed by atoms with Gasteiger partial charge in [-0.3, -0.25) is 0 Å². The van der Waals surface area contributed by atoms with E-state index < -0.39 is 0 Å². The molecule has 0 unspecified atom stereocenters. The van der Waals surface area contributed by atoms with E-state index in [4.69, 9.17) is 4.42 Å². The highest BCUT2D eigenvalue weighted by molar-refractivity contribution is 5.65. The maximum atomic E-state index is 5.55. The Kier molecular flexibility index (Phi) is 3.10. The Morgan fingerprint density at radius 2 is 1.88 bits per heavy atom. The summed E-state index contributed by atoms with van der Waals surface area (Å²) < 4.78 is 5.55. The first-order valence-corrected chi connectivity index (χ1v) is 6.19. The number of hydrogen-bond donors (Lipinski definition) is 0. The van der Waals surface area contributed by atoms with E-state index >= 15 is 0 Å². The van der Waals surface area contributed by atoms with Gasteiger partial charge in [0.15, 0.2) is 0 Å². The lowest BCUT2D eigenvalue weighted by atomic mass is 9.82. The molecule has 90 valence electrons. The molecule has 1 aromatic heterocycles. The Hall–Kier alpha value is -1.50. The van der Waals surface area contributed by atoms with Gasteiger partial charge in [-0.25, -0.2) is 0 Å². The molecule has 1 heteroatoms. The Labute approximate surface area is 103 Å². The van der Waals surface area contributed by atoms with Crippen LogP contribution in [0.1, 0.15) is 38.8 Å². The fourth-order valence-corrected chi connectivity index (χ4v) is 2.10. The third kappa shape index (κ3) is 2.44. The van der Waals surface area contributed by atoms with E-state index in [2.05, 4.69) is 45.9 Å². The van der Waals surface area contributed by atoms with Gasteiger partial charge in [0.1, 0.15) is 5.76 Å². The molecule has 1 nitrogen and oxygen atoms in total. The molecule has 2 aromatic rings. The van der Waals surface area contributed by atoms with Gasteiger partial charge in [-0.1, -0.05) is 39.8 Å². The van der Waals surface area contributed by atoms with Crippen LogP contribution >= 0.6 is 0 Å². The lowest BCUT2D eigenvalue weighted by Crippen LogP contribution is -2.12. The van der Waals surface area contributed by atoms with Crippen molar-refractivity contribution >= 4 is 0 Å².